The Morgan fingerprint density at radius 1 is 1.32 bits per heavy atom. The molecule has 2 aromatic heterocycles. The third-order valence-corrected chi connectivity index (χ3v) is 5.17. The maximum atomic E-state index is 11.6. The maximum Gasteiger partial charge on any atom is 0.211 e. The highest BCUT2D eigenvalue weighted by molar-refractivity contribution is 7.88. The lowest BCUT2D eigenvalue weighted by molar-refractivity contribution is 0.459. The largest absolute Gasteiger partial charge is 0.275 e. The van der Waals surface area contributed by atoms with Gasteiger partial charge in [0.15, 0.2) is 0 Å². The van der Waals surface area contributed by atoms with E-state index in [2.05, 4.69) is 15.1 Å². The molecule has 2 aromatic rings. The Labute approximate surface area is 130 Å². The molecule has 1 aliphatic heterocycles. The van der Waals surface area contributed by atoms with E-state index in [0.717, 1.165) is 29.8 Å². The van der Waals surface area contributed by atoms with Gasteiger partial charge >= 0.3 is 0 Å². The van der Waals surface area contributed by atoms with E-state index in [4.69, 9.17) is 0 Å². The smallest absolute Gasteiger partial charge is 0.211 e. The van der Waals surface area contributed by atoms with Crippen molar-refractivity contribution in [1.29, 1.82) is 0 Å². The fraction of sp³-hybridized carbons (Fsp3) is 0.500. The summed E-state index contributed by atoms with van der Waals surface area (Å²) in [7, 11) is -1.23. The third kappa shape index (κ3) is 3.33. The first-order valence-electron chi connectivity index (χ1n) is 7.17. The lowest BCUT2D eigenvalue weighted by atomic mass is 10.0. The molecule has 3 heterocycles. The Kier molecular flexibility index (Phi) is 3.96. The first-order valence-corrected chi connectivity index (χ1v) is 9.02. The maximum absolute atomic E-state index is 11.6. The number of hydrogen-bond acceptors (Lipinski definition) is 5. The normalized spacial score (nSPS) is 19.6. The molecule has 0 radical (unpaired) electrons. The zero-order valence-corrected chi connectivity index (χ0v) is 13.5. The molecule has 0 unspecified atom stereocenters. The summed E-state index contributed by atoms with van der Waals surface area (Å²) in [5, 5.41) is 4.14. The van der Waals surface area contributed by atoms with Crippen molar-refractivity contribution in [2.45, 2.75) is 12.8 Å². The monoisotopic (exact) mass is 321 g/mol. The van der Waals surface area contributed by atoms with Crippen molar-refractivity contribution < 1.29 is 8.42 Å². The van der Waals surface area contributed by atoms with E-state index in [1.165, 1.54) is 10.6 Å². The van der Waals surface area contributed by atoms with Gasteiger partial charge < -0.3 is 0 Å². The van der Waals surface area contributed by atoms with E-state index in [1.54, 1.807) is 23.3 Å². The van der Waals surface area contributed by atoms with Gasteiger partial charge in [0.25, 0.3) is 0 Å². The van der Waals surface area contributed by atoms with Crippen LogP contribution in [0.25, 0.3) is 11.3 Å². The van der Waals surface area contributed by atoms with Gasteiger partial charge in [0.1, 0.15) is 0 Å². The molecule has 0 N–H and O–H groups in total. The molecule has 22 heavy (non-hydrogen) atoms. The summed E-state index contributed by atoms with van der Waals surface area (Å²) in [6.45, 7) is 1.16. The SMILES string of the molecule is Cn1cc(-c2cncc(C[C@H]3CCN(S(C)(=O)=O)C3)n2)cn1. The van der Waals surface area contributed by atoms with Crippen LogP contribution < -0.4 is 0 Å². The van der Waals surface area contributed by atoms with Gasteiger partial charge in [0.05, 0.1) is 30.0 Å². The third-order valence-electron chi connectivity index (χ3n) is 3.90. The lowest BCUT2D eigenvalue weighted by Gasteiger charge is -2.13. The van der Waals surface area contributed by atoms with E-state index in [-0.39, 0.29) is 0 Å². The molecule has 0 aromatic carbocycles. The Morgan fingerprint density at radius 2 is 2.14 bits per heavy atom. The fourth-order valence-corrected chi connectivity index (χ4v) is 3.68. The fourth-order valence-electron chi connectivity index (χ4n) is 2.76. The Morgan fingerprint density at radius 3 is 2.77 bits per heavy atom. The van der Waals surface area contributed by atoms with Crippen molar-refractivity contribution in [2.24, 2.45) is 13.0 Å². The lowest BCUT2D eigenvalue weighted by Crippen LogP contribution is -2.27. The standard InChI is InChI=1S/C14H19N5O2S/c1-18-10-12(6-16-18)14-8-15-7-13(17-14)5-11-3-4-19(9-11)22(2,20)21/h6-8,10-11H,3-5,9H2,1-2H3/t11-/m1/s1. The number of rotatable bonds is 4. The Hall–Kier alpha value is -1.80. The predicted molar refractivity (Wildman–Crippen MR) is 82.5 cm³/mol. The second-order valence-electron chi connectivity index (χ2n) is 5.78. The number of aromatic nitrogens is 4. The summed E-state index contributed by atoms with van der Waals surface area (Å²) in [5.41, 5.74) is 2.62. The van der Waals surface area contributed by atoms with Crippen LogP contribution in [0.5, 0.6) is 0 Å². The molecular weight excluding hydrogens is 302 g/mol. The number of hydrogen-bond donors (Lipinski definition) is 0. The van der Waals surface area contributed by atoms with Crippen molar-refractivity contribution in [3.05, 3.63) is 30.5 Å². The second-order valence-corrected chi connectivity index (χ2v) is 7.76. The highest BCUT2D eigenvalue weighted by Crippen LogP contribution is 2.23. The molecule has 1 fully saturated rings. The zero-order chi connectivity index (χ0) is 15.7. The molecule has 1 aliphatic rings. The molecular formula is C14H19N5O2S. The average Bonchev–Trinajstić information content (AvgIpc) is 3.08. The summed E-state index contributed by atoms with van der Waals surface area (Å²) in [5.74, 6) is 0.299. The molecule has 118 valence electrons. The number of aryl methyl sites for hydroxylation is 1. The summed E-state index contributed by atoms with van der Waals surface area (Å²) < 4.78 is 26.4. The van der Waals surface area contributed by atoms with Crippen LogP contribution in [0.4, 0.5) is 0 Å². The van der Waals surface area contributed by atoms with Gasteiger partial charge in [0.2, 0.25) is 10.0 Å². The molecule has 0 aliphatic carbocycles. The van der Waals surface area contributed by atoms with Gasteiger partial charge in [-0.15, -0.1) is 0 Å². The van der Waals surface area contributed by atoms with Gasteiger partial charge in [-0.3, -0.25) is 9.67 Å². The summed E-state index contributed by atoms with van der Waals surface area (Å²) in [6.07, 6.45) is 10.0. The summed E-state index contributed by atoms with van der Waals surface area (Å²) in [6, 6.07) is 0. The van der Waals surface area contributed by atoms with Gasteiger partial charge in [-0.25, -0.2) is 17.7 Å². The second kappa shape index (κ2) is 5.77. The number of nitrogens with zero attached hydrogens (tertiary/aromatic N) is 5. The van der Waals surface area contributed by atoms with E-state index in [0.29, 0.717) is 19.0 Å². The van der Waals surface area contributed by atoms with Crippen LogP contribution >= 0.6 is 0 Å². The van der Waals surface area contributed by atoms with Crippen LogP contribution in [0.15, 0.2) is 24.8 Å². The molecule has 7 nitrogen and oxygen atoms in total. The minimum Gasteiger partial charge on any atom is -0.275 e. The van der Waals surface area contributed by atoms with E-state index in [9.17, 15) is 8.42 Å². The van der Waals surface area contributed by atoms with Crippen molar-refractivity contribution >= 4 is 10.0 Å². The van der Waals surface area contributed by atoms with Gasteiger partial charge in [-0.2, -0.15) is 5.10 Å². The summed E-state index contributed by atoms with van der Waals surface area (Å²) in [4.78, 5) is 8.87. The first-order chi connectivity index (χ1) is 10.4. The molecule has 3 rings (SSSR count). The zero-order valence-electron chi connectivity index (χ0n) is 12.7. The highest BCUT2D eigenvalue weighted by atomic mass is 32.2. The topological polar surface area (TPSA) is 81.0 Å². The molecule has 0 saturated carbocycles. The number of sulfonamides is 1. The van der Waals surface area contributed by atoms with Gasteiger partial charge in [-0.05, 0) is 18.8 Å². The Bertz CT molecular complexity index is 771. The van der Waals surface area contributed by atoms with Crippen molar-refractivity contribution in [1.82, 2.24) is 24.1 Å². The molecule has 1 saturated heterocycles. The van der Waals surface area contributed by atoms with E-state index in [1.807, 2.05) is 13.2 Å². The Balaban J connectivity index is 1.72. The molecule has 8 heteroatoms. The first kappa shape index (κ1) is 15.1. The van der Waals surface area contributed by atoms with Crippen molar-refractivity contribution in [3.63, 3.8) is 0 Å². The average molecular weight is 321 g/mol. The molecule has 0 amide bonds. The molecule has 0 spiro atoms. The van der Waals surface area contributed by atoms with Crippen LogP contribution in [0.3, 0.4) is 0 Å². The quantitative estimate of drug-likeness (QED) is 0.828. The highest BCUT2D eigenvalue weighted by Gasteiger charge is 2.28. The van der Waals surface area contributed by atoms with Crippen LogP contribution in [0, 0.1) is 5.92 Å². The summed E-state index contributed by atoms with van der Waals surface area (Å²) >= 11 is 0. The molecule has 0 bridgehead atoms. The van der Waals surface area contributed by atoms with Crippen molar-refractivity contribution in [3.8, 4) is 11.3 Å². The van der Waals surface area contributed by atoms with E-state index >= 15 is 0 Å². The minimum absolute atomic E-state index is 0.299. The van der Waals surface area contributed by atoms with Crippen LogP contribution in [0.2, 0.25) is 0 Å². The van der Waals surface area contributed by atoms with Crippen LogP contribution in [-0.4, -0.2) is 51.8 Å². The van der Waals surface area contributed by atoms with Crippen LogP contribution in [0.1, 0.15) is 12.1 Å². The van der Waals surface area contributed by atoms with Crippen molar-refractivity contribution in [2.75, 3.05) is 19.3 Å². The molecule has 1 atom stereocenters. The van der Waals surface area contributed by atoms with E-state index < -0.39 is 10.0 Å². The van der Waals surface area contributed by atoms with Gasteiger partial charge in [0, 0.05) is 38.1 Å². The minimum atomic E-state index is -3.09. The van der Waals surface area contributed by atoms with Gasteiger partial charge in [-0.1, -0.05) is 0 Å². The predicted octanol–water partition coefficient (Wildman–Crippen LogP) is 0.701. The van der Waals surface area contributed by atoms with Crippen LogP contribution in [-0.2, 0) is 23.5 Å².